The minimum Gasteiger partial charge on any atom is -0.362 e. The van der Waals surface area contributed by atoms with E-state index in [0.717, 1.165) is 25.1 Å². The summed E-state index contributed by atoms with van der Waals surface area (Å²) in [4.78, 5) is 26.3. The molecule has 0 aliphatic carbocycles. The quantitative estimate of drug-likeness (QED) is 0.676. The molecular formula is C21H27N3O2. The fraction of sp³-hybridized carbons (Fsp3) is 0.333. The molecule has 0 aliphatic rings. The highest BCUT2D eigenvalue weighted by Gasteiger charge is 2.10. The van der Waals surface area contributed by atoms with Crippen LogP contribution in [0.25, 0.3) is 0 Å². The topological polar surface area (TPSA) is 61.4 Å². The molecule has 0 fully saturated rings. The lowest BCUT2D eigenvalue weighted by molar-refractivity contribution is -0.115. The molecule has 2 aromatic carbocycles. The van der Waals surface area contributed by atoms with E-state index in [1.54, 1.807) is 24.3 Å². The van der Waals surface area contributed by atoms with Crippen molar-refractivity contribution in [3.63, 3.8) is 0 Å². The number of anilines is 2. The first kappa shape index (κ1) is 19.5. The fourth-order valence-corrected chi connectivity index (χ4v) is 2.58. The lowest BCUT2D eigenvalue weighted by atomic mass is 10.2. The van der Waals surface area contributed by atoms with Crippen molar-refractivity contribution in [1.29, 1.82) is 0 Å². The lowest BCUT2D eigenvalue weighted by Gasteiger charge is -2.22. The molecule has 2 amide bonds. The van der Waals surface area contributed by atoms with Gasteiger partial charge in [-0.05, 0) is 49.7 Å². The average molecular weight is 353 g/mol. The van der Waals surface area contributed by atoms with Gasteiger partial charge in [0.2, 0.25) is 5.91 Å². The number of carbonyl (C=O) groups excluding carboxylic acids is 2. The summed E-state index contributed by atoms with van der Waals surface area (Å²) in [7, 11) is 0. The zero-order valence-electron chi connectivity index (χ0n) is 15.5. The van der Waals surface area contributed by atoms with Crippen LogP contribution >= 0.6 is 0 Å². The van der Waals surface area contributed by atoms with Crippen molar-refractivity contribution < 1.29 is 9.59 Å². The Hall–Kier alpha value is -2.82. The first-order chi connectivity index (χ1) is 12.6. The van der Waals surface area contributed by atoms with Gasteiger partial charge in [0.05, 0.1) is 6.54 Å². The molecule has 0 atom stereocenters. The molecule has 0 saturated heterocycles. The summed E-state index contributed by atoms with van der Waals surface area (Å²) in [6.45, 7) is 5.81. The highest BCUT2D eigenvalue weighted by Crippen LogP contribution is 2.14. The van der Waals surface area contributed by atoms with Crippen molar-refractivity contribution in [3.05, 3.63) is 60.2 Å². The number of amides is 2. The molecule has 0 saturated carbocycles. The van der Waals surface area contributed by atoms with Crippen LogP contribution in [0.15, 0.2) is 54.6 Å². The molecule has 2 rings (SSSR count). The second-order valence-corrected chi connectivity index (χ2v) is 6.08. The summed E-state index contributed by atoms with van der Waals surface area (Å²) in [6.07, 6.45) is 2.01. The van der Waals surface area contributed by atoms with Crippen LogP contribution in [-0.4, -0.2) is 31.4 Å². The molecule has 0 aromatic heterocycles. The molecule has 138 valence electrons. The number of benzene rings is 2. The number of para-hydroxylation sites is 1. The minimum atomic E-state index is -0.0872. The van der Waals surface area contributed by atoms with Crippen LogP contribution in [0, 0.1) is 0 Å². The largest absolute Gasteiger partial charge is 0.362 e. The van der Waals surface area contributed by atoms with E-state index < -0.39 is 0 Å². The van der Waals surface area contributed by atoms with Gasteiger partial charge < -0.3 is 15.5 Å². The van der Waals surface area contributed by atoms with E-state index in [1.807, 2.05) is 42.2 Å². The van der Waals surface area contributed by atoms with Gasteiger partial charge in [0.25, 0.3) is 5.91 Å². The van der Waals surface area contributed by atoms with Gasteiger partial charge >= 0.3 is 0 Å². The van der Waals surface area contributed by atoms with Crippen LogP contribution in [0.4, 0.5) is 11.4 Å². The lowest BCUT2D eigenvalue weighted by Crippen LogP contribution is -2.33. The fourth-order valence-electron chi connectivity index (χ4n) is 2.58. The second kappa shape index (κ2) is 10.2. The van der Waals surface area contributed by atoms with E-state index in [4.69, 9.17) is 0 Å². The Morgan fingerprint density at radius 2 is 1.65 bits per heavy atom. The Morgan fingerprint density at radius 3 is 2.27 bits per heavy atom. The average Bonchev–Trinajstić information content (AvgIpc) is 2.67. The Bertz CT molecular complexity index is 699. The zero-order chi connectivity index (χ0) is 18.8. The summed E-state index contributed by atoms with van der Waals surface area (Å²) >= 11 is 0. The number of nitrogens with zero attached hydrogens (tertiary/aromatic N) is 1. The number of carbonyl (C=O) groups is 2. The van der Waals surface area contributed by atoms with Crippen LogP contribution in [0.3, 0.4) is 0 Å². The summed E-state index contributed by atoms with van der Waals surface area (Å²) < 4.78 is 0. The van der Waals surface area contributed by atoms with Gasteiger partial charge in [-0.25, -0.2) is 0 Å². The van der Waals surface area contributed by atoms with Crippen molar-refractivity contribution in [1.82, 2.24) is 5.32 Å². The standard InChI is InChI=1S/C21H27N3O2/c1-3-5-15-22-21(26)17-11-13-18(14-12-17)23-20(25)16-24(4-2)19-9-7-6-8-10-19/h6-14H,3-5,15-16H2,1-2H3,(H,22,26)(H,23,25). The summed E-state index contributed by atoms with van der Waals surface area (Å²) in [5, 5.41) is 5.76. The van der Waals surface area contributed by atoms with Gasteiger partial charge in [0, 0.05) is 30.0 Å². The van der Waals surface area contributed by atoms with Crippen molar-refractivity contribution in [2.24, 2.45) is 0 Å². The third kappa shape index (κ3) is 5.92. The maximum Gasteiger partial charge on any atom is 0.251 e. The Labute approximate surface area is 155 Å². The first-order valence-corrected chi connectivity index (χ1v) is 9.12. The normalized spacial score (nSPS) is 10.2. The van der Waals surface area contributed by atoms with Gasteiger partial charge in [-0.3, -0.25) is 9.59 Å². The van der Waals surface area contributed by atoms with Crippen molar-refractivity contribution in [3.8, 4) is 0 Å². The molecule has 0 bridgehead atoms. The van der Waals surface area contributed by atoms with Crippen molar-refractivity contribution in [2.75, 3.05) is 29.9 Å². The summed E-state index contributed by atoms with van der Waals surface area (Å²) in [6, 6.07) is 16.8. The van der Waals surface area contributed by atoms with Crippen LogP contribution in [-0.2, 0) is 4.79 Å². The highest BCUT2D eigenvalue weighted by molar-refractivity contribution is 5.96. The predicted octanol–water partition coefficient (Wildman–Crippen LogP) is 3.68. The molecule has 2 aromatic rings. The Morgan fingerprint density at radius 1 is 0.962 bits per heavy atom. The molecule has 26 heavy (non-hydrogen) atoms. The molecule has 0 heterocycles. The Kier molecular flexibility index (Phi) is 7.68. The first-order valence-electron chi connectivity index (χ1n) is 9.12. The maximum atomic E-state index is 12.3. The van der Waals surface area contributed by atoms with Gasteiger partial charge in [-0.2, -0.15) is 0 Å². The predicted molar refractivity (Wildman–Crippen MR) is 107 cm³/mol. The third-order valence-electron chi connectivity index (χ3n) is 4.08. The summed E-state index contributed by atoms with van der Waals surface area (Å²) in [5.41, 5.74) is 2.30. The van der Waals surface area contributed by atoms with Gasteiger partial charge in [0.1, 0.15) is 0 Å². The number of nitrogens with one attached hydrogen (secondary N) is 2. The van der Waals surface area contributed by atoms with E-state index in [-0.39, 0.29) is 18.4 Å². The molecule has 2 N–H and O–H groups in total. The smallest absolute Gasteiger partial charge is 0.251 e. The van der Waals surface area contributed by atoms with Gasteiger partial charge in [-0.15, -0.1) is 0 Å². The molecule has 0 aliphatic heterocycles. The number of likely N-dealkylation sites (N-methyl/N-ethyl adjacent to an activating group) is 1. The maximum absolute atomic E-state index is 12.3. The Balaban J connectivity index is 1.89. The monoisotopic (exact) mass is 353 g/mol. The van der Waals surface area contributed by atoms with Crippen LogP contribution in [0.1, 0.15) is 37.0 Å². The van der Waals surface area contributed by atoms with Gasteiger partial charge in [0.15, 0.2) is 0 Å². The van der Waals surface area contributed by atoms with Gasteiger partial charge in [-0.1, -0.05) is 31.5 Å². The number of unbranched alkanes of at least 4 members (excludes halogenated alkanes) is 1. The van der Waals surface area contributed by atoms with E-state index in [0.29, 0.717) is 17.8 Å². The number of hydrogen-bond donors (Lipinski definition) is 2. The van der Waals surface area contributed by atoms with Crippen LogP contribution < -0.4 is 15.5 Å². The SMILES string of the molecule is CCCCNC(=O)c1ccc(NC(=O)CN(CC)c2ccccc2)cc1. The zero-order valence-corrected chi connectivity index (χ0v) is 15.5. The van der Waals surface area contributed by atoms with E-state index in [9.17, 15) is 9.59 Å². The molecule has 5 nitrogen and oxygen atoms in total. The number of rotatable bonds is 9. The van der Waals surface area contributed by atoms with Crippen LogP contribution in [0.5, 0.6) is 0 Å². The third-order valence-corrected chi connectivity index (χ3v) is 4.08. The van der Waals surface area contributed by atoms with E-state index in [1.165, 1.54) is 0 Å². The highest BCUT2D eigenvalue weighted by atomic mass is 16.2. The van der Waals surface area contributed by atoms with Crippen molar-refractivity contribution >= 4 is 23.2 Å². The van der Waals surface area contributed by atoms with Crippen molar-refractivity contribution in [2.45, 2.75) is 26.7 Å². The minimum absolute atomic E-state index is 0.0856. The summed E-state index contributed by atoms with van der Waals surface area (Å²) in [5.74, 6) is -0.173. The molecule has 5 heteroatoms. The molecule has 0 spiro atoms. The molecular weight excluding hydrogens is 326 g/mol. The molecule has 0 radical (unpaired) electrons. The van der Waals surface area contributed by atoms with E-state index >= 15 is 0 Å². The second-order valence-electron chi connectivity index (χ2n) is 6.08. The van der Waals surface area contributed by atoms with E-state index in [2.05, 4.69) is 17.6 Å². The van der Waals surface area contributed by atoms with Crippen LogP contribution in [0.2, 0.25) is 0 Å². The number of hydrogen-bond acceptors (Lipinski definition) is 3. The molecule has 0 unspecified atom stereocenters.